The van der Waals surface area contributed by atoms with Crippen molar-refractivity contribution in [2.75, 3.05) is 14.2 Å². The number of hydrogen-bond donors (Lipinski definition) is 3. The second-order valence-corrected chi connectivity index (χ2v) is 5.38. The lowest BCUT2D eigenvalue weighted by Gasteiger charge is -2.07. The molecule has 7 nitrogen and oxygen atoms in total. The predicted octanol–water partition coefficient (Wildman–Crippen LogP) is 0.935. The van der Waals surface area contributed by atoms with Crippen LogP contribution in [0.3, 0.4) is 0 Å². The van der Waals surface area contributed by atoms with Crippen LogP contribution in [0.4, 0.5) is 0 Å². The number of nitrogens with two attached hydrogens (primary N) is 1. The number of hydrogen-bond acceptors (Lipinski definition) is 6. The first-order chi connectivity index (χ1) is 12.0. The average molecular weight is 346 g/mol. The van der Waals surface area contributed by atoms with Crippen molar-refractivity contribution in [3.63, 3.8) is 0 Å². The van der Waals surface area contributed by atoms with E-state index < -0.39 is 11.9 Å². The summed E-state index contributed by atoms with van der Waals surface area (Å²) >= 11 is 0. The van der Waals surface area contributed by atoms with Gasteiger partial charge in [0.25, 0.3) is 0 Å². The Labute approximate surface area is 144 Å². The van der Waals surface area contributed by atoms with Gasteiger partial charge in [0.15, 0.2) is 0 Å². The fraction of sp³-hybridized carbons (Fsp3) is 0.222. The number of benzene rings is 2. The van der Waals surface area contributed by atoms with Gasteiger partial charge >= 0.3 is 11.9 Å². The van der Waals surface area contributed by atoms with Gasteiger partial charge in [-0.15, -0.1) is 0 Å². The Morgan fingerprint density at radius 1 is 0.840 bits per heavy atom. The van der Waals surface area contributed by atoms with E-state index in [9.17, 15) is 19.8 Å². The minimum Gasteiger partial charge on any atom is -0.507 e. The number of carbonyl (C=O) groups is 2. The quantitative estimate of drug-likeness (QED) is 0.672. The van der Waals surface area contributed by atoms with Crippen LogP contribution < -0.4 is 5.32 Å². The topological polar surface area (TPSA) is 110 Å². The third-order valence-corrected chi connectivity index (χ3v) is 3.69. The van der Waals surface area contributed by atoms with E-state index in [-0.39, 0.29) is 22.6 Å². The molecule has 0 amide bonds. The maximum Gasteiger partial charge on any atom is 0.341 e. The molecule has 0 atom stereocenters. The molecule has 0 aliphatic rings. The van der Waals surface area contributed by atoms with Crippen molar-refractivity contribution in [1.82, 2.24) is 0 Å². The molecule has 0 spiro atoms. The lowest BCUT2D eigenvalue weighted by Crippen LogP contribution is -2.80. The fourth-order valence-corrected chi connectivity index (χ4v) is 2.38. The molecule has 25 heavy (non-hydrogen) atoms. The van der Waals surface area contributed by atoms with Crippen LogP contribution in [0.25, 0.3) is 0 Å². The molecule has 132 valence electrons. The van der Waals surface area contributed by atoms with Gasteiger partial charge < -0.3 is 25.0 Å². The normalized spacial score (nSPS) is 10.3. The zero-order chi connectivity index (χ0) is 18.4. The van der Waals surface area contributed by atoms with Gasteiger partial charge in [0, 0.05) is 11.1 Å². The van der Waals surface area contributed by atoms with E-state index in [0.717, 1.165) is 11.1 Å². The average Bonchev–Trinajstić information content (AvgIpc) is 2.60. The lowest BCUT2D eigenvalue weighted by molar-refractivity contribution is -0.686. The van der Waals surface area contributed by atoms with Gasteiger partial charge in [0.05, 0.1) is 14.2 Å². The number of phenols is 2. The molecule has 0 fully saturated rings. The number of esters is 2. The number of rotatable bonds is 6. The van der Waals surface area contributed by atoms with Crippen molar-refractivity contribution in [3.8, 4) is 11.5 Å². The molecule has 2 rings (SSSR count). The predicted molar refractivity (Wildman–Crippen MR) is 88.2 cm³/mol. The van der Waals surface area contributed by atoms with Crippen molar-refractivity contribution in [1.29, 1.82) is 0 Å². The van der Waals surface area contributed by atoms with Crippen molar-refractivity contribution in [2.24, 2.45) is 0 Å². The minimum absolute atomic E-state index is 0.120. The first kappa shape index (κ1) is 18.3. The molecule has 0 aliphatic carbocycles. The molecule has 0 bridgehead atoms. The van der Waals surface area contributed by atoms with Gasteiger partial charge in [-0.1, -0.05) is 12.1 Å². The third-order valence-electron chi connectivity index (χ3n) is 3.69. The highest BCUT2D eigenvalue weighted by atomic mass is 16.5. The number of quaternary nitrogens is 1. The monoisotopic (exact) mass is 346 g/mol. The molecule has 0 heterocycles. The summed E-state index contributed by atoms with van der Waals surface area (Å²) in [5.74, 6) is -1.43. The van der Waals surface area contributed by atoms with Crippen molar-refractivity contribution in [3.05, 3.63) is 58.7 Å². The van der Waals surface area contributed by atoms with Crippen LogP contribution >= 0.6 is 0 Å². The summed E-state index contributed by atoms with van der Waals surface area (Å²) in [7, 11) is 2.51. The lowest BCUT2D eigenvalue weighted by atomic mass is 10.1. The minimum atomic E-state index is -0.589. The molecule has 0 saturated heterocycles. The molecule has 0 aliphatic heterocycles. The zero-order valence-corrected chi connectivity index (χ0v) is 14.0. The molecule has 0 radical (unpaired) electrons. The Morgan fingerprint density at radius 3 is 1.56 bits per heavy atom. The standard InChI is InChI=1S/C18H19NO6/c1-24-17(22)13-5-3-11(7-15(13)20)9-19-10-12-4-6-14(16(21)8-12)18(23)25-2/h3-8,19-21H,9-10H2,1-2H3/p+1. The summed E-state index contributed by atoms with van der Waals surface area (Å²) in [6.45, 7) is 1.13. The van der Waals surface area contributed by atoms with E-state index >= 15 is 0 Å². The Bertz CT molecular complexity index is 722. The molecule has 4 N–H and O–H groups in total. The maximum absolute atomic E-state index is 11.4. The highest BCUT2D eigenvalue weighted by molar-refractivity contribution is 5.92. The number of carbonyl (C=O) groups excluding carboxylic acids is 2. The van der Waals surface area contributed by atoms with Crippen LogP contribution in [0.15, 0.2) is 36.4 Å². The molecule has 0 saturated carbocycles. The van der Waals surface area contributed by atoms with Gasteiger partial charge in [-0.25, -0.2) is 9.59 Å². The first-order valence-electron chi connectivity index (χ1n) is 7.58. The molecule has 7 heteroatoms. The Morgan fingerprint density at radius 2 is 1.24 bits per heavy atom. The van der Waals surface area contributed by atoms with E-state index in [2.05, 4.69) is 9.47 Å². The number of methoxy groups -OCH3 is 2. The molecule has 2 aromatic rings. The molecule has 2 aromatic carbocycles. The van der Waals surface area contributed by atoms with Crippen molar-refractivity contribution in [2.45, 2.75) is 13.1 Å². The first-order valence-corrected chi connectivity index (χ1v) is 7.58. The zero-order valence-electron chi connectivity index (χ0n) is 14.0. The van der Waals surface area contributed by atoms with E-state index in [1.165, 1.54) is 38.5 Å². The molecule has 0 aromatic heterocycles. The molecular weight excluding hydrogens is 326 g/mol. The largest absolute Gasteiger partial charge is 0.507 e. The SMILES string of the molecule is COC(=O)c1ccc(C[NH2+]Cc2ccc(C(=O)OC)c(O)c2)cc1O. The second kappa shape index (κ2) is 8.16. The summed E-state index contributed by atoms with van der Waals surface area (Å²) in [4.78, 5) is 22.9. The van der Waals surface area contributed by atoms with E-state index in [4.69, 9.17) is 0 Å². The Balaban J connectivity index is 1.97. The van der Waals surface area contributed by atoms with E-state index in [0.29, 0.717) is 13.1 Å². The Kier molecular flexibility index (Phi) is 5.97. The van der Waals surface area contributed by atoms with E-state index in [1.807, 2.05) is 5.32 Å². The van der Waals surface area contributed by atoms with Gasteiger partial charge in [-0.3, -0.25) is 0 Å². The third kappa shape index (κ3) is 4.48. The fourth-order valence-electron chi connectivity index (χ4n) is 2.38. The summed E-state index contributed by atoms with van der Waals surface area (Å²) < 4.78 is 9.16. The summed E-state index contributed by atoms with van der Waals surface area (Å²) in [5.41, 5.74) is 1.91. The van der Waals surface area contributed by atoms with Crippen LogP contribution in [0, 0.1) is 0 Å². The summed E-state index contributed by atoms with van der Waals surface area (Å²) in [6.07, 6.45) is 0. The summed E-state index contributed by atoms with van der Waals surface area (Å²) in [5, 5.41) is 21.7. The number of aromatic hydroxyl groups is 2. The highest BCUT2D eigenvalue weighted by Gasteiger charge is 2.13. The van der Waals surface area contributed by atoms with Gasteiger partial charge in [-0.05, 0) is 24.3 Å². The Hall–Kier alpha value is -3.06. The van der Waals surface area contributed by atoms with Crippen LogP contribution in [0.2, 0.25) is 0 Å². The highest BCUT2D eigenvalue weighted by Crippen LogP contribution is 2.20. The van der Waals surface area contributed by atoms with Gasteiger partial charge in [0.2, 0.25) is 0 Å². The van der Waals surface area contributed by atoms with Gasteiger partial charge in [-0.2, -0.15) is 0 Å². The smallest absolute Gasteiger partial charge is 0.341 e. The van der Waals surface area contributed by atoms with Crippen LogP contribution in [0.5, 0.6) is 11.5 Å². The summed E-state index contributed by atoms with van der Waals surface area (Å²) in [6, 6.07) is 9.53. The number of ether oxygens (including phenoxy) is 2. The van der Waals surface area contributed by atoms with E-state index in [1.54, 1.807) is 12.1 Å². The maximum atomic E-state index is 11.4. The van der Waals surface area contributed by atoms with Gasteiger partial charge in [0.1, 0.15) is 35.7 Å². The number of phenolic OH excluding ortho intramolecular Hbond substituents is 2. The van der Waals surface area contributed by atoms with Crippen LogP contribution in [-0.2, 0) is 22.6 Å². The van der Waals surface area contributed by atoms with Crippen molar-refractivity contribution >= 4 is 11.9 Å². The van der Waals surface area contributed by atoms with Crippen LogP contribution in [0.1, 0.15) is 31.8 Å². The van der Waals surface area contributed by atoms with Crippen molar-refractivity contribution < 1.29 is 34.6 Å². The molecular formula is C18H20NO6+. The molecule has 0 unspecified atom stereocenters. The second-order valence-electron chi connectivity index (χ2n) is 5.38. The van der Waals surface area contributed by atoms with Crippen LogP contribution in [-0.4, -0.2) is 36.4 Å².